The second-order valence-electron chi connectivity index (χ2n) is 4.86. The molecule has 0 bridgehead atoms. The van der Waals surface area contributed by atoms with E-state index in [9.17, 15) is 0 Å². The molecular weight excluding hydrogens is 156 g/mol. The number of hydrogen-bond donors (Lipinski definition) is 0. The summed E-state index contributed by atoms with van der Waals surface area (Å²) in [6.07, 6.45) is 6.26. The molecule has 0 aromatic carbocycles. The largest absolute Gasteiger partial charge is 0.103 e. The third-order valence-corrected chi connectivity index (χ3v) is 2.90. The first-order valence-corrected chi connectivity index (χ1v) is 5.17. The Morgan fingerprint density at radius 3 is 2.00 bits per heavy atom. The molecule has 0 aromatic heterocycles. The van der Waals surface area contributed by atoms with Crippen LogP contribution in [-0.2, 0) is 0 Å². The van der Waals surface area contributed by atoms with E-state index in [-0.39, 0.29) is 0 Å². The van der Waals surface area contributed by atoms with E-state index in [4.69, 9.17) is 0 Å². The minimum atomic E-state index is 0.351. The molecule has 0 aliphatic carbocycles. The summed E-state index contributed by atoms with van der Waals surface area (Å²) in [4.78, 5) is 0. The predicted octanol–water partition coefficient (Wildman–Crippen LogP) is 4.44. The van der Waals surface area contributed by atoms with Crippen molar-refractivity contribution in [2.45, 2.75) is 40.5 Å². The summed E-state index contributed by atoms with van der Waals surface area (Å²) in [5.41, 5.74) is 0.351. The lowest BCUT2D eigenvalue weighted by Crippen LogP contribution is -2.27. The fourth-order valence-corrected chi connectivity index (χ4v) is 2.20. The monoisotopic (exact) mass is 180 g/mol. The molecule has 0 unspecified atom stereocenters. The summed E-state index contributed by atoms with van der Waals surface area (Å²) >= 11 is 0. The van der Waals surface area contributed by atoms with Crippen molar-refractivity contribution in [3.05, 3.63) is 25.3 Å². The summed E-state index contributed by atoms with van der Waals surface area (Å²) in [6.45, 7) is 16.9. The number of hydrogen-bond acceptors (Lipinski definition) is 0. The van der Waals surface area contributed by atoms with Gasteiger partial charge in [0.25, 0.3) is 0 Å². The minimum absolute atomic E-state index is 0.351. The highest BCUT2D eigenvalue weighted by Gasteiger charge is 2.29. The molecule has 0 aliphatic heterocycles. The molecule has 13 heavy (non-hydrogen) atoms. The molecule has 0 aliphatic rings. The van der Waals surface area contributed by atoms with Crippen molar-refractivity contribution in [3.8, 4) is 0 Å². The van der Waals surface area contributed by atoms with Crippen molar-refractivity contribution in [2.24, 2.45) is 17.3 Å². The van der Waals surface area contributed by atoms with Gasteiger partial charge in [-0.3, -0.25) is 0 Å². The number of rotatable bonds is 6. The zero-order valence-corrected chi connectivity index (χ0v) is 9.64. The maximum absolute atomic E-state index is 3.83. The van der Waals surface area contributed by atoms with Gasteiger partial charge in [-0.15, -0.1) is 13.2 Å². The molecule has 0 N–H and O–H groups in total. The van der Waals surface area contributed by atoms with Gasteiger partial charge in [0.1, 0.15) is 0 Å². The lowest BCUT2D eigenvalue weighted by atomic mass is 9.69. The first-order chi connectivity index (χ1) is 5.95. The van der Waals surface area contributed by atoms with Gasteiger partial charge in [0.05, 0.1) is 0 Å². The molecule has 0 heteroatoms. The molecule has 0 aromatic rings. The van der Waals surface area contributed by atoms with Gasteiger partial charge in [-0.25, -0.2) is 0 Å². The molecular formula is C13H24. The maximum Gasteiger partial charge on any atom is -0.0286 e. The van der Waals surface area contributed by atoms with Gasteiger partial charge in [0.2, 0.25) is 0 Å². The Hall–Kier alpha value is -0.520. The van der Waals surface area contributed by atoms with Crippen LogP contribution >= 0.6 is 0 Å². The molecule has 0 spiro atoms. The third kappa shape index (κ3) is 3.80. The Bertz CT molecular complexity index is 163. The summed E-state index contributed by atoms with van der Waals surface area (Å²) in [6, 6.07) is 0. The zero-order valence-electron chi connectivity index (χ0n) is 9.64. The van der Waals surface area contributed by atoms with E-state index in [1.165, 1.54) is 0 Å². The van der Waals surface area contributed by atoms with Crippen molar-refractivity contribution < 1.29 is 0 Å². The first-order valence-electron chi connectivity index (χ1n) is 5.17. The van der Waals surface area contributed by atoms with Crippen LogP contribution in [0, 0.1) is 17.3 Å². The first kappa shape index (κ1) is 12.5. The van der Waals surface area contributed by atoms with Gasteiger partial charge in [-0.1, -0.05) is 39.8 Å². The summed E-state index contributed by atoms with van der Waals surface area (Å²) < 4.78 is 0. The second-order valence-corrected chi connectivity index (χ2v) is 4.86. The van der Waals surface area contributed by atoms with E-state index in [1.807, 2.05) is 12.2 Å². The molecule has 0 amide bonds. The smallest absolute Gasteiger partial charge is 0.0286 e. The van der Waals surface area contributed by atoms with Gasteiger partial charge in [0, 0.05) is 0 Å². The highest BCUT2D eigenvalue weighted by molar-refractivity contribution is 4.89. The normalized spacial score (nSPS) is 14.2. The average molecular weight is 180 g/mol. The van der Waals surface area contributed by atoms with Gasteiger partial charge in [0.15, 0.2) is 0 Å². The molecule has 0 nitrogen and oxygen atoms in total. The molecule has 1 atom stereocenters. The predicted molar refractivity (Wildman–Crippen MR) is 61.7 cm³/mol. The van der Waals surface area contributed by atoms with Crippen LogP contribution in [0.4, 0.5) is 0 Å². The molecule has 0 saturated heterocycles. The molecule has 0 fully saturated rings. The lowest BCUT2D eigenvalue weighted by molar-refractivity contribution is 0.161. The van der Waals surface area contributed by atoms with Gasteiger partial charge in [-0.2, -0.15) is 0 Å². The average Bonchev–Trinajstić information content (AvgIpc) is 1.99. The van der Waals surface area contributed by atoms with E-state index in [2.05, 4.69) is 40.9 Å². The Labute approximate surface area is 83.7 Å². The van der Waals surface area contributed by atoms with Crippen LogP contribution in [0.2, 0.25) is 0 Å². The highest BCUT2D eigenvalue weighted by atomic mass is 14.3. The fourth-order valence-electron chi connectivity index (χ4n) is 2.20. The zero-order chi connectivity index (χ0) is 10.5. The van der Waals surface area contributed by atoms with Crippen molar-refractivity contribution >= 4 is 0 Å². The minimum Gasteiger partial charge on any atom is -0.103 e. The van der Waals surface area contributed by atoms with Crippen LogP contribution in [0.15, 0.2) is 25.3 Å². The summed E-state index contributed by atoms with van der Waals surface area (Å²) in [7, 11) is 0. The molecule has 0 heterocycles. The van der Waals surface area contributed by atoms with Crippen LogP contribution in [0.25, 0.3) is 0 Å². The van der Waals surface area contributed by atoms with E-state index in [0.717, 1.165) is 12.8 Å². The van der Waals surface area contributed by atoms with E-state index in [1.54, 1.807) is 0 Å². The summed E-state index contributed by atoms with van der Waals surface area (Å²) in [5, 5.41) is 0. The summed E-state index contributed by atoms with van der Waals surface area (Å²) in [5.74, 6) is 1.43. The van der Waals surface area contributed by atoms with Gasteiger partial charge in [-0.05, 0) is 30.1 Å². The fraction of sp³-hybridized carbons (Fsp3) is 0.692. The van der Waals surface area contributed by atoms with E-state index in [0.29, 0.717) is 17.3 Å². The highest BCUT2D eigenvalue weighted by Crippen LogP contribution is 2.38. The molecule has 0 rings (SSSR count). The number of allylic oxidation sites excluding steroid dienone is 2. The topological polar surface area (TPSA) is 0 Å². The van der Waals surface area contributed by atoms with Crippen molar-refractivity contribution in [1.29, 1.82) is 0 Å². The molecule has 0 saturated carbocycles. The Morgan fingerprint density at radius 2 is 1.69 bits per heavy atom. The van der Waals surface area contributed by atoms with Crippen LogP contribution in [0.3, 0.4) is 0 Å². The second kappa shape index (κ2) is 5.26. The quantitative estimate of drug-likeness (QED) is 0.530. The van der Waals surface area contributed by atoms with Gasteiger partial charge >= 0.3 is 0 Å². The Kier molecular flexibility index (Phi) is 5.05. The van der Waals surface area contributed by atoms with Crippen molar-refractivity contribution in [2.75, 3.05) is 0 Å². The van der Waals surface area contributed by atoms with E-state index >= 15 is 0 Å². The van der Waals surface area contributed by atoms with Crippen LogP contribution < -0.4 is 0 Å². The standard InChI is InChI=1S/C13H24/c1-7-9-12(11(3)4)13(5,6)10-8-2/h7-8,11-12H,1-2,9-10H2,3-6H3/t12-/m0/s1. The molecule has 0 radical (unpaired) electrons. The van der Waals surface area contributed by atoms with Crippen LogP contribution in [-0.4, -0.2) is 0 Å². The maximum atomic E-state index is 3.83. The van der Waals surface area contributed by atoms with Crippen molar-refractivity contribution in [3.63, 3.8) is 0 Å². The Morgan fingerprint density at radius 1 is 1.15 bits per heavy atom. The van der Waals surface area contributed by atoms with E-state index < -0.39 is 0 Å². The molecule has 76 valence electrons. The third-order valence-electron chi connectivity index (χ3n) is 2.90. The van der Waals surface area contributed by atoms with Gasteiger partial charge < -0.3 is 0 Å². The Balaban J connectivity index is 4.49. The van der Waals surface area contributed by atoms with Crippen molar-refractivity contribution in [1.82, 2.24) is 0 Å². The van der Waals surface area contributed by atoms with Crippen LogP contribution in [0.1, 0.15) is 40.5 Å². The van der Waals surface area contributed by atoms with Crippen LogP contribution in [0.5, 0.6) is 0 Å². The lowest BCUT2D eigenvalue weighted by Gasteiger charge is -2.36. The SMILES string of the molecule is C=CC[C@@H](C(C)C)C(C)(C)CC=C.